The third-order valence-electron chi connectivity index (χ3n) is 3.79. The van der Waals surface area contributed by atoms with E-state index in [2.05, 4.69) is 52.8 Å². The molecule has 2 N–H and O–H groups in total. The minimum absolute atomic E-state index is 0.867. The lowest BCUT2D eigenvalue weighted by atomic mass is 10.1. The lowest BCUT2D eigenvalue weighted by Gasteiger charge is -2.05. The maximum Gasteiger partial charge on any atom is 0.113 e. The standard InChI is InChI=1S/C17H19N3/c1-12-6-7-14(11-15(12)18)8-9-17-19-13(2)16-5-3-4-10-20(16)17/h3-7,10-11H,8-9,18H2,1-2H3. The Morgan fingerprint density at radius 2 is 1.95 bits per heavy atom. The summed E-state index contributed by atoms with van der Waals surface area (Å²) in [5.74, 6) is 1.11. The fourth-order valence-corrected chi connectivity index (χ4v) is 2.55. The number of imidazole rings is 1. The third kappa shape index (κ3) is 2.27. The number of benzene rings is 1. The third-order valence-corrected chi connectivity index (χ3v) is 3.79. The van der Waals surface area contributed by atoms with E-state index in [0.717, 1.165) is 35.6 Å². The fraction of sp³-hybridized carbons (Fsp3) is 0.235. The van der Waals surface area contributed by atoms with Crippen LogP contribution in [0, 0.1) is 13.8 Å². The summed E-state index contributed by atoms with van der Waals surface area (Å²) in [5, 5.41) is 0. The van der Waals surface area contributed by atoms with Gasteiger partial charge in [-0.25, -0.2) is 4.98 Å². The first kappa shape index (κ1) is 12.7. The summed E-state index contributed by atoms with van der Waals surface area (Å²) in [5.41, 5.74) is 11.5. The average molecular weight is 265 g/mol. The van der Waals surface area contributed by atoms with E-state index in [9.17, 15) is 0 Å². The molecule has 1 aromatic carbocycles. The lowest BCUT2D eigenvalue weighted by molar-refractivity contribution is 0.851. The van der Waals surface area contributed by atoms with Crippen LogP contribution in [0.2, 0.25) is 0 Å². The molecule has 0 spiro atoms. The second-order valence-corrected chi connectivity index (χ2v) is 5.26. The first-order chi connectivity index (χ1) is 9.65. The molecule has 0 amide bonds. The molecule has 0 aliphatic heterocycles. The number of nitrogens with two attached hydrogens (primary N) is 1. The lowest BCUT2D eigenvalue weighted by Crippen LogP contribution is -1.99. The minimum Gasteiger partial charge on any atom is -0.399 e. The van der Waals surface area contributed by atoms with Crippen LogP contribution in [0.25, 0.3) is 5.52 Å². The molecule has 0 aliphatic carbocycles. The van der Waals surface area contributed by atoms with Gasteiger partial charge in [0.2, 0.25) is 0 Å². The Kier molecular flexibility index (Phi) is 3.18. The van der Waals surface area contributed by atoms with Crippen LogP contribution in [0.15, 0.2) is 42.6 Å². The van der Waals surface area contributed by atoms with Crippen molar-refractivity contribution in [3.05, 3.63) is 65.2 Å². The van der Waals surface area contributed by atoms with E-state index >= 15 is 0 Å². The molecule has 3 aromatic rings. The molecule has 0 radical (unpaired) electrons. The average Bonchev–Trinajstić information content (AvgIpc) is 2.78. The second-order valence-electron chi connectivity index (χ2n) is 5.26. The number of nitrogens with zero attached hydrogens (tertiary/aromatic N) is 2. The van der Waals surface area contributed by atoms with Crippen molar-refractivity contribution in [2.45, 2.75) is 26.7 Å². The van der Waals surface area contributed by atoms with Crippen molar-refractivity contribution in [2.24, 2.45) is 0 Å². The van der Waals surface area contributed by atoms with Crippen molar-refractivity contribution in [2.75, 3.05) is 5.73 Å². The number of aryl methyl sites for hydroxylation is 4. The van der Waals surface area contributed by atoms with Gasteiger partial charge in [0.05, 0.1) is 11.2 Å². The van der Waals surface area contributed by atoms with Gasteiger partial charge in [-0.3, -0.25) is 0 Å². The van der Waals surface area contributed by atoms with Crippen LogP contribution in [0.3, 0.4) is 0 Å². The van der Waals surface area contributed by atoms with Crippen LogP contribution in [-0.4, -0.2) is 9.38 Å². The van der Waals surface area contributed by atoms with Gasteiger partial charge >= 0.3 is 0 Å². The van der Waals surface area contributed by atoms with E-state index in [-0.39, 0.29) is 0 Å². The van der Waals surface area contributed by atoms with Crippen molar-refractivity contribution in [3.8, 4) is 0 Å². The van der Waals surface area contributed by atoms with Crippen LogP contribution in [0.4, 0.5) is 5.69 Å². The van der Waals surface area contributed by atoms with Crippen LogP contribution < -0.4 is 5.73 Å². The Bertz CT molecular complexity index is 756. The number of hydrogen-bond acceptors (Lipinski definition) is 2. The van der Waals surface area contributed by atoms with E-state index in [1.807, 2.05) is 13.0 Å². The van der Waals surface area contributed by atoms with Crippen molar-refractivity contribution < 1.29 is 0 Å². The first-order valence-corrected chi connectivity index (χ1v) is 6.93. The summed E-state index contributed by atoms with van der Waals surface area (Å²) in [6, 6.07) is 12.5. The predicted molar refractivity (Wildman–Crippen MR) is 82.9 cm³/mol. The number of hydrogen-bond donors (Lipinski definition) is 1. The normalized spacial score (nSPS) is 11.1. The minimum atomic E-state index is 0.867. The van der Waals surface area contributed by atoms with Crippen LogP contribution >= 0.6 is 0 Å². The molecule has 20 heavy (non-hydrogen) atoms. The van der Waals surface area contributed by atoms with E-state index in [1.165, 1.54) is 11.1 Å². The van der Waals surface area contributed by atoms with Crippen molar-refractivity contribution in [3.63, 3.8) is 0 Å². The Morgan fingerprint density at radius 1 is 1.10 bits per heavy atom. The molecule has 0 unspecified atom stereocenters. The molecule has 3 rings (SSSR count). The second kappa shape index (κ2) is 5.00. The van der Waals surface area contributed by atoms with Gasteiger partial charge < -0.3 is 10.1 Å². The number of rotatable bonds is 3. The van der Waals surface area contributed by atoms with Crippen molar-refractivity contribution in [1.29, 1.82) is 0 Å². The number of aromatic nitrogens is 2. The molecule has 0 aliphatic rings. The Hall–Kier alpha value is -2.29. The van der Waals surface area contributed by atoms with Gasteiger partial charge in [0, 0.05) is 18.3 Å². The topological polar surface area (TPSA) is 43.3 Å². The highest BCUT2D eigenvalue weighted by Crippen LogP contribution is 2.17. The van der Waals surface area contributed by atoms with Crippen molar-refractivity contribution >= 4 is 11.2 Å². The molecule has 0 fully saturated rings. The van der Waals surface area contributed by atoms with Crippen LogP contribution in [-0.2, 0) is 12.8 Å². The van der Waals surface area contributed by atoms with Gasteiger partial charge in [0.15, 0.2) is 0 Å². The molecule has 3 heteroatoms. The Balaban J connectivity index is 1.85. The zero-order valence-electron chi connectivity index (χ0n) is 11.9. The van der Waals surface area contributed by atoms with Crippen LogP contribution in [0.5, 0.6) is 0 Å². The summed E-state index contributed by atoms with van der Waals surface area (Å²) < 4.78 is 2.17. The SMILES string of the molecule is Cc1ccc(CCc2nc(C)c3ccccn23)cc1N. The zero-order chi connectivity index (χ0) is 14.1. The number of anilines is 1. The van der Waals surface area contributed by atoms with Gasteiger partial charge in [-0.15, -0.1) is 0 Å². The van der Waals surface area contributed by atoms with Gasteiger partial charge in [-0.2, -0.15) is 0 Å². The highest BCUT2D eigenvalue weighted by Gasteiger charge is 2.07. The molecule has 2 heterocycles. The first-order valence-electron chi connectivity index (χ1n) is 6.93. The number of pyridine rings is 1. The smallest absolute Gasteiger partial charge is 0.113 e. The molecule has 3 nitrogen and oxygen atoms in total. The highest BCUT2D eigenvalue weighted by atomic mass is 15.0. The maximum absolute atomic E-state index is 5.96. The molecular formula is C17H19N3. The van der Waals surface area contributed by atoms with Gasteiger partial charge in [0.1, 0.15) is 5.82 Å². The summed E-state index contributed by atoms with van der Waals surface area (Å²) in [4.78, 5) is 4.68. The fourth-order valence-electron chi connectivity index (χ4n) is 2.55. The van der Waals surface area contributed by atoms with E-state index in [1.54, 1.807) is 0 Å². The molecule has 0 bridgehead atoms. The van der Waals surface area contributed by atoms with E-state index in [0.29, 0.717) is 0 Å². The number of nitrogen functional groups attached to an aromatic ring is 1. The van der Waals surface area contributed by atoms with E-state index < -0.39 is 0 Å². The van der Waals surface area contributed by atoms with Gasteiger partial charge in [-0.1, -0.05) is 18.2 Å². The summed E-state index contributed by atoms with van der Waals surface area (Å²) >= 11 is 0. The monoisotopic (exact) mass is 265 g/mol. The summed E-state index contributed by atoms with van der Waals surface area (Å²) in [6.45, 7) is 4.09. The van der Waals surface area contributed by atoms with Crippen LogP contribution in [0.1, 0.15) is 22.6 Å². The van der Waals surface area contributed by atoms with Crippen molar-refractivity contribution in [1.82, 2.24) is 9.38 Å². The molecule has 102 valence electrons. The molecule has 0 atom stereocenters. The summed E-state index contributed by atoms with van der Waals surface area (Å²) in [6.07, 6.45) is 3.95. The molecule has 0 saturated heterocycles. The summed E-state index contributed by atoms with van der Waals surface area (Å²) in [7, 11) is 0. The highest BCUT2D eigenvalue weighted by molar-refractivity contribution is 5.52. The largest absolute Gasteiger partial charge is 0.399 e. The molecule has 2 aromatic heterocycles. The quantitative estimate of drug-likeness (QED) is 0.738. The zero-order valence-corrected chi connectivity index (χ0v) is 11.9. The molecular weight excluding hydrogens is 246 g/mol. The number of fused-ring (bicyclic) bond motifs is 1. The Morgan fingerprint density at radius 3 is 2.75 bits per heavy atom. The molecule has 0 saturated carbocycles. The van der Waals surface area contributed by atoms with Gasteiger partial charge in [-0.05, 0) is 49.6 Å². The van der Waals surface area contributed by atoms with E-state index in [4.69, 9.17) is 5.73 Å². The predicted octanol–water partition coefficient (Wildman–Crippen LogP) is 3.32. The Labute approximate surface area is 119 Å². The van der Waals surface area contributed by atoms with Gasteiger partial charge in [0.25, 0.3) is 0 Å². The maximum atomic E-state index is 5.96.